The van der Waals surface area contributed by atoms with Gasteiger partial charge < -0.3 is 15.9 Å². The molecule has 0 spiro atoms. The molecule has 1 unspecified atom stereocenters. The number of carbonyl (C=O) groups is 2. The predicted octanol–water partition coefficient (Wildman–Crippen LogP) is -1.13. The highest BCUT2D eigenvalue weighted by molar-refractivity contribution is 5.80. The summed E-state index contributed by atoms with van der Waals surface area (Å²) in [6.07, 6.45) is -3.32. The fourth-order valence-electron chi connectivity index (χ4n) is 0.169. The lowest BCUT2D eigenvalue weighted by Gasteiger charge is -1.99. The molecule has 0 heterocycles. The molecule has 9 heavy (non-hydrogen) atoms. The highest BCUT2D eigenvalue weighted by atomic mass is 16.4. The highest BCUT2D eigenvalue weighted by Crippen LogP contribution is 1.86. The summed E-state index contributed by atoms with van der Waals surface area (Å²) in [7, 11) is 0. The number of hydrogen-bond acceptors (Lipinski definition) is 3. The van der Waals surface area contributed by atoms with Crippen LogP contribution >= 0.6 is 0 Å². The van der Waals surface area contributed by atoms with Crippen LogP contribution in [0.4, 0.5) is 0 Å². The minimum Gasteiger partial charge on any atom is -0.481 e. The van der Waals surface area contributed by atoms with Gasteiger partial charge in [0.25, 0.3) is 0 Å². The zero-order valence-corrected chi connectivity index (χ0v) is 4.29. The Bertz CT molecular complexity index is 202. The first-order valence-corrected chi connectivity index (χ1v) is 1.89. The Morgan fingerprint density at radius 3 is 2.33 bits per heavy atom. The van der Waals surface area contributed by atoms with E-state index in [1.165, 1.54) is 0 Å². The maximum absolute atomic E-state index is 10.2. The van der Waals surface area contributed by atoms with Gasteiger partial charge in [0.15, 0.2) is 0 Å². The minimum absolute atomic E-state index is 2.03. The van der Waals surface area contributed by atoms with Crippen molar-refractivity contribution in [1.29, 1.82) is 0 Å². The number of aliphatic carboxylic acids is 2. The quantitative estimate of drug-likeness (QED) is 0.427. The van der Waals surface area contributed by atoms with E-state index in [1.54, 1.807) is 0 Å². The Kier molecular flexibility index (Phi) is 1.29. The molecule has 5 nitrogen and oxygen atoms in total. The molecule has 0 aromatic heterocycles. The van der Waals surface area contributed by atoms with E-state index >= 15 is 0 Å². The van der Waals surface area contributed by atoms with Crippen LogP contribution in [0.1, 0.15) is 10.5 Å². The first-order valence-electron chi connectivity index (χ1n) is 3.39. The van der Waals surface area contributed by atoms with Gasteiger partial charge in [-0.05, 0) is 0 Å². The maximum atomic E-state index is 10.2. The Hall–Kier alpha value is -1.10. The Morgan fingerprint density at radius 1 is 1.78 bits per heavy atom. The van der Waals surface area contributed by atoms with Gasteiger partial charge in [0.2, 0.25) is 0 Å². The van der Waals surface area contributed by atoms with Crippen molar-refractivity contribution < 1.29 is 23.9 Å². The number of nitrogens with two attached hydrogens (primary N) is 1. The van der Waals surface area contributed by atoms with E-state index in [-0.39, 0.29) is 0 Å². The molecule has 0 aliphatic carbocycles. The monoisotopic (exact) mass is 137 g/mol. The topological polar surface area (TPSA) is 101 Å². The molecule has 0 amide bonds. The summed E-state index contributed by atoms with van der Waals surface area (Å²) in [5, 5.41) is 16.4. The van der Waals surface area contributed by atoms with Crippen molar-refractivity contribution >= 4 is 11.9 Å². The van der Waals surface area contributed by atoms with Gasteiger partial charge in [-0.25, -0.2) is 0 Å². The molecule has 1 atom stereocenters. The van der Waals surface area contributed by atoms with Gasteiger partial charge in [0.05, 0.1) is 7.74 Å². The van der Waals surface area contributed by atoms with E-state index in [0.717, 1.165) is 0 Å². The normalized spacial score (nSPS) is 22.6. The van der Waals surface area contributed by atoms with Crippen LogP contribution in [0, 0.1) is 0 Å². The van der Waals surface area contributed by atoms with E-state index in [9.17, 15) is 9.59 Å². The lowest BCUT2D eigenvalue weighted by Crippen LogP contribution is -2.32. The summed E-state index contributed by atoms with van der Waals surface area (Å²) in [4.78, 5) is 20.3. The second-order valence-corrected chi connectivity index (χ2v) is 1.15. The van der Waals surface area contributed by atoms with Gasteiger partial charge in [-0.1, -0.05) is 0 Å². The van der Waals surface area contributed by atoms with Crippen molar-refractivity contribution in [3.63, 3.8) is 0 Å². The van der Waals surface area contributed by atoms with E-state index in [4.69, 9.17) is 14.3 Å². The van der Waals surface area contributed by atoms with Crippen molar-refractivity contribution in [2.24, 2.45) is 5.73 Å². The zero-order chi connectivity index (χ0) is 10.2. The molecular formula is C4H7NO4. The van der Waals surface area contributed by atoms with Crippen LogP contribution in [-0.4, -0.2) is 28.2 Å². The molecule has 0 aromatic rings. The van der Waals surface area contributed by atoms with Crippen LogP contribution in [0.15, 0.2) is 0 Å². The Balaban J connectivity index is 5.01. The summed E-state index contributed by atoms with van der Waals surface area (Å²) in [6.45, 7) is 0. The minimum atomic E-state index is -3.32. The first kappa shape index (κ1) is 3.84. The molecule has 0 rings (SSSR count). The molecule has 4 N–H and O–H groups in total. The fourth-order valence-corrected chi connectivity index (χ4v) is 0.169. The smallest absolute Gasteiger partial charge is 0.321 e. The first-order chi connectivity index (χ1) is 5.14. The predicted molar refractivity (Wildman–Crippen MR) is 27.9 cm³/mol. The van der Waals surface area contributed by atoms with Gasteiger partial charge in [-0.3, -0.25) is 9.59 Å². The van der Waals surface area contributed by atoms with Crippen LogP contribution < -0.4 is 5.73 Å². The highest BCUT2D eigenvalue weighted by Gasteiger charge is 2.14. The van der Waals surface area contributed by atoms with Gasteiger partial charge >= 0.3 is 11.9 Å². The molecule has 5 heteroatoms. The summed E-state index contributed by atoms with van der Waals surface area (Å²) in [5.41, 5.74) is 4.65. The lowest BCUT2D eigenvalue weighted by atomic mass is 10.4. The van der Waals surface area contributed by atoms with E-state index in [1.807, 2.05) is 0 Å². The molecule has 0 bridgehead atoms. The third-order valence-corrected chi connectivity index (χ3v) is 0.472. The van der Waals surface area contributed by atoms with Crippen molar-refractivity contribution in [1.82, 2.24) is 0 Å². The molecule has 52 valence electrons. The summed E-state index contributed by atoms with van der Waals surface area (Å²) < 4.78 is 20.1. The molecule has 0 aliphatic rings. The zero-order valence-electron chi connectivity index (χ0n) is 7.29. The summed E-state index contributed by atoms with van der Waals surface area (Å²) in [5.74, 6) is -4.11. The third-order valence-electron chi connectivity index (χ3n) is 0.472. The van der Waals surface area contributed by atoms with Gasteiger partial charge in [-0.2, -0.15) is 0 Å². The SMILES string of the molecule is [2H]C(N)(C(=O)O)[13C]([2H])([2H])C(=O)O. The van der Waals surface area contributed by atoms with E-state index < -0.39 is 24.3 Å². The van der Waals surface area contributed by atoms with E-state index in [2.05, 4.69) is 5.73 Å². The van der Waals surface area contributed by atoms with Gasteiger partial charge in [0, 0.05) is 2.74 Å². The van der Waals surface area contributed by atoms with Crippen LogP contribution in [0.3, 0.4) is 0 Å². The van der Waals surface area contributed by atoms with Crippen LogP contribution in [0.2, 0.25) is 0 Å². The summed E-state index contributed by atoms with van der Waals surface area (Å²) >= 11 is 0. The largest absolute Gasteiger partial charge is 0.481 e. The molecule has 0 saturated heterocycles. The number of carboxylic acids is 2. The van der Waals surface area contributed by atoms with Crippen LogP contribution in [0.25, 0.3) is 0 Å². The van der Waals surface area contributed by atoms with Crippen LogP contribution in [-0.2, 0) is 9.59 Å². The lowest BCUT2D eigenvalue weighted by molar-refractivity contribution is -0.144. The van der Waals surface area contributed by atoms with Crippen LogP contribution in [0.5, 0.6) is 0 Å². The van der Waals surface area contributed by atoms with Gasteiger partial charge in [-0.15, -0.1) is 0 Å². The van der Waals surface area contributed by atoms with Crippen molar-refractivity contribution in [3.05, 3.63) is 0 Å². The number of rotatable bonds is 3. The molecule has 0 aliphatic heterocycles. The number of carboxylic acid groups (broad SMARTS) is 2. The molecule has 0 saturated carbocycles. The van der Waals surface area contributed by atoms with E-state index in [0.29, 0.717) is 0 Å². The third kappa shape index (κ3) is 3.48. The second kappa shape index (κ2) is 3.03. The summed E-state index contributed by atoms with van der Waals surface area (Å²) in [6, 6.07) is -3.18. The molecular weight excluding hydrogens is 127 g/mol. The van der Waals surface area contributed by atoms with Gasteiger partial charge in [0.1, 0.15) is 6.02 Å². The molecule has 0 radical (unpaired) electrons. The van der Waals surface area contributed by atoms with Crippen molar-refractivity contribution in [2.75, 3.05) is 0 Å². The average Bonchev–Trinajstić information content (AvgIpc) is 1.86. The fraction of sp³-hybridized carbons (Fsp3) is 0.500. The van der Waals surface area contributed by atoms with Crippen molar-refractivity contribution in [2.45, 2.75) is 12.4 Å². The average molecular weight is 137 g/mol. The molecule has 0 aromatic carbocycles. The standard InChI is InChI=1S/C4H7NO4/c5-2(4(8)9)1-3(6)7/h2H,1,5H2,(H,6,7)(H,8,9)/i1+1D2,2D. The van der Waals surface area contributed by atoms with Crippen molar-refractivity contribution in [3.8, 4) is 0 Å². The Labute approximate surface area is 55.3 Å². The Morgan fingerprint density at radius 2 is 2.22 bits per heavy atom. The second-order valence-electron chi connectivity index (χ2n) is 1.15. The molecule has 0 fully saturated rings. The number of hydrogen-bond donors (Lipinski definition) is 3. The maximum Gasteiger partial charge on any atom is 0.321 e.